The van der Waals surface area contributed by atoms with Gasteiger partial charge in [-0.2, -0.15) is 0 Å². The van der Waals surface area contributed by atoms with Crippen LogP contribution in [0.25, 0.3) is 0 Å². The molecule has 1 aliphatic carbocycles. The van der Waals surface area contributed by atoms with Gasteiger partial charge in [-0.3, -0.25) is 0 Å². The lowest BCUT2D eigenvalue weighted by atomic mass is 10.4. The van der Waals surface area contributed by atoms with Gasteiger partial charge in [-0.1, -0.05) is 6.08 Å². The highest BCUT2D eigenvalue weighted by molar-refractivity contribution is 4.97. The van der Waals surface area contributed by atoms with E-state index in [-0.39, 0.29) is 5.83 Å². The lowest BCUT2D eigenvalue weighted by Crippen LogP contribution is -1.57. The minimum Gasteiger partial charge on any atom is -0.212 e. The van der Waals surface area contributed by atoms with Crippen molar-refractivity contribution in [2.45, 2.75) is 19.3 Å². The lowest BCUT2D eigenvalue weighted by molar-refractivity contribution is 0.605. The molecule has 0 radical (unpaired) electrons. The molecule has 0 fully saturated rings. The number of halogens is 1. The van der Waals surface area contributed by atoms with Crippen LogP contribution in [0, 0.1) is 0 Å². The minimum atomic E-state index is 0.0787. The number of rotatable bonds is 0. The fourth-order valence-corrected chi connectivity index (χ4v) is 0.632. The highest BCUT2D eigenvalue weighted by Gasteiger charge is 1.99. The summed E-state index contributed by atoms with van der Waals surface area (Å²) in [6.07, 6.45) is 4.30. The van der Waals surface area contributed by atoms with E-state index in [1.165, 1.54) is 0 Å². The summed E-state index contributed by atoms with van der Waals surface area (Å²) in [6.45, 7) is 0. The van der Waals surface area contributed by atoms with Crippen LogP contribution in [0.4, 0.5) is 4.39 Å². The first-order chi connectivity index (χ1) is 2.89. The van der Waals surface area contributed by atoms with Gasteiger partial charge in [0.05, 0.1) is 5.83 Å². The summed E-state index contributed by atoms with van der Waals surface area (Å²) in [7, 11) is 0. The Labute approximate surface area is 36.7 Å². The van der Waals surface area contributed by atoms with E-state index in [9.17, 15) is 4.39 Å². The molecule has 0 aromatic heterocycles. The maximum Gasteiger partial charge on any atom is 0.0959 e. The van der Waals surface area contributed by atoms with Crippen molar-refractivity contribution in [3.05, 3.63) is 11.9 Å². The zero-order chi connectivity index (χ0) is 4.41. The number of allylic oxidation sites excluding steroid dienone is 2. The summed E-state index contributed by atoms with van der Waals surface area (Å²) in [5.41, 5.74) is 0. The van der Waals surface area contributed by atoms with Gasteiger partial charge in [0.2, 0.25) is 0 Å². The molecule has 0 saturated carbocycles. The van der Waals surface area contributed by atoms with Crippen LogP contribution in [0.2, 0.25) is 0 Å². The Morgan fingerprint density at radius 2 is 2.50 bits per heavy atom. The van der Waals surface area contributed by atoms with Crippen molar-refractivity contribution in [3.8, 4) is 0 Å². The molecule has 1 aliphatic rings. The molecule has 1 heteroatoms. The average molecular weight is 86.1 g/mol. The predicted molar refractivity (Wildman–Crippen MR) is 23.0 cm³/mol. The Balaban J connectivity index is 2.45. The molecule has 0 bridgehead atoms. The molecule has 0 saturated heterocycles. The fraction of sp³-hybridized carbons (Fsp3) is 0.600. The van der Waals surface area contributed by atoms with Gasteiger partial charge in [-0.15, -0.1) is 0 Å². The standard InChI is InChI=1S/C5H7F/c6-5-3-1-2-4-5/h3H,1-2,4H2. The van der Waals surface area contributed by atoms with Crippen LogP contribution >= 0.6 is 0 Å². The monoisotopic (exact) mass is 86.1 g/mol. The Morgan fingerprint density at radius 1 is 1.67 bits per heavy atom. The molecule has 6 heavy (non-hydrogen) atoms. The van der Waals surface area contributed by atoms with E-state index in [2.05, 4.69) is 0 Å². The second-order valence-electron chi connectivity index (χ2n) is 1.54. The Kier molecular flexibility index (Phi) is 0.906. The van der Waals surface area contributed by atoms with Crippen molar-refractivity contribution < 1.29 is 4.39 Å². The van der Waals surface area contributed by atoms with E-state index in [1.54, 1.807) is 6.08 Å². The maximum absolute atomic E-state index is 11.8. The summed E-state index contributed by atoms with van der Waals surface area (Å²) >= 11 is 0. The number of hydrogen-bond donors (Lipinski definition) is 0. The van der Waals surface area contributed by atoms with Crippen molar-refractivity contribution in [2.24, 2.45) is 0 Å². The van der Waals surface area contributed by atoms with Crippen LogP contribution < -0.4 is 0 Å². The summed E-state index contributed by atoms with van der Waals surface area (Å²) < 4.78 is 11.8. The topological polar surface area (TPSA) is 0 Å². The first kappa shape index (κ1) is 3.85. The van der Waals surface area contributed by atoms with Crippen molar-refractivity contribution in [1.29, 1.82) is 0 Å². The SMILES string of the molecule is FC1=CCCC1. The van der Waals surface area contributed by atoms with Crippen LogP contribution in [-0.2, 0) is 0 Å². The average Bonchev–Trinajstić information content (AvgIpc) is 1.86. The third-order valence-corrected chi connectivity index (χ3v) is 0.986. The van der Waals surface area contributed by atoms with Gasteiger partial charge in [0, 0.05) is 0 Å². The van der Waals surface area contributed by atoms with Gasteiger partial charge in [0.15, 0.2) is 0 Å². The van der Waals surface area contributed by atoms with Gasteiger partial charge in [0.1, 0.15) is 0 Å². The Morgan fingerprint density at radius 3 is 2.67 bits per heavy atom. The third-order valence-electron chi connectivity index (χ3n) is 0.986. The highest BCUT2D eigenvalue weighted by atomic mass is 19.1. The van der Waals surface area contributed by atoms with Crippen molar-refractivity contribution in [1.82, 2.24) is 0 Å². The van der Waals surface area contributed by atoms with E-state index in [4.69, 9.17) is 0 Å². The Hall–Kier alpha value is -0.330. The van der Waals surface area contributed by atoms with E-state index in [1.807, 2.05) is 0 Å². The highest BCUT2D eigenvalue weighted by Crippen LogP contribution is 2.17. The third kappa shape index (κ3) is 0.588. The van der Waals surface area contributed by atoms with Gasteiger partial charge in [0.25, 0.3) is 0 Å². The first-order valence-corrected chi connectivity index (χ1v) is 2.24. The smallest absolute Gasteiger partial charge is 0.0959 e. The molecule has 0 N–H and O–H groups in total. The maximum atomic E-state index is 11.8. The number of hydrogen-bond acceptors (Lipinski definition) is 0. The zero-order valence-corrected chi connectivity index (χ0v) is 3.58. The zero-order valence-electron chi connectivity index (χ0n) is 3.58. The molecular formula is C5H7F. The molecule has 0 unspecified atom stereocenters. The van der Waals surface area contributed by atoms with Crippen LogP contribution in [-0.4, -0.2) is 0 Å². The minimum absolute atomic E-state index is 0.0787. The Bertz CT molecular complexity index is 74.0. The van der Waals surface area contributed by atoms with Crippen molar-refractivity contribution in [3.63, 3.8) is 0 Å². The van der Waals surface area contributed by atoms with Crippen LogP contribution in [0.1, 0.15) is 19.3 Å². The summed E-state index contributed by atoms with van der Waals surface area (Å²) in [4.78, 5) is 0. The van der Waals surface area contributed by atoms with Gasteiger partial charge in [-0.05, 0) is 19.3 Å². The molecule has 0 aromatic rings. The summed E-state index contributed by atoms with van der Waals surface area (Å²) in [6, 6.07) is 0. The molecule has 0 atom stereocenters. The summed E-state index contributed by atoms with van der Waals surface area (Å²) in [5.74, 6) is 0.0787. The molecule has 1 rings (SSSR count). The van der Waals surface area contributed by atoms with Crippen LogP contribution in [0.3, 0.4) is 0 Å². The predicted octanol–water partition coefficient (Wildman–Crippen LogP) is 2.02. The normalized spacial score (nSPS) is 21.2. The fourth-order valence-electron chi connectivity index (χ4n) is 0.632. The molecule has 34 valence electrons. The van der Waals surface area contributed by atoms with E-state index < -0.39 is 0 Å². The molecule has 0 aliphatic heterocycles. The molecule has 0 heterocycles. The largest absolute Gasteiger partial charge is 0.212 e. The van der Waals surface area contributed by atoms with Crippen LogP contribution in [0.15, 0.2) is 11.9 Å². The molecule has 0 nitrogen and oxygen atoms in total. The molecule has 0 spiro atoms. The lowest BCUT2D eigenvalue weighted by Gasteiger charge is -1.75. The van der Waals surface area contributed by atoms with E-state index in [0.29, 0.717) is 6.42 Å². The van der Waals surface area contributed by atoms with Crippen molar-refractivity contribution >= 4 is 0 Å². The van der Waals surface area contributed by atoms with Gasteiger partial charge < -0.3 is 0 Å². The van der Waals surface area contributed by atoms with Gasteiger partial charge >= 0.3 is 0 Å². The van der Waals surface area contributed by atoms with E-state index >= 15 is 0 Å². The molecular weight excluding hydrogens is 79.1 g/mol. The summed E-state index contributed by atoms with van der Waals surface area (Å²) in [5, 5.41) is 0. The van der Waals surface area contributed by atoms with Gasteiger partial charge in [-0.25, -0.2) is 4.39 Å². The second-order valence-corrected chi connectivity index (χ2v) is 1.54. The quantitative estimate of drug-likeness (QED) is 0.423. The van der Waals surface area contributed by atoms with Crippen molar-refractivity contribution in [2.75, 3.05) is 0 Å². The molecule has 0 aromatic carbocycles. The second kappa shape index (κ2) is 1.41. The van der Waals surface area contributed by atoms with E-state index in [0.717, 1.165) is 12.8 Å². The molecule has 0 amide bonds. The first-order valence-electron chi connectivity index (χ1n) is 2.24. The van der Waals surface area contributed by atoms with Crippen LogP contribution in [0.5, 0.6) is 0 Å².